The summed E-state index contributed by atoms with van der Waals surface area (Å²) in [5, 5.41) is 12.7. The normalized spacial score (nSPS) is 18.7. The molecule has 49 heavy (non-hydrogen) atoms. The second-order valence-corrected chi connectivity index (χ2v) is 14.2. The van der Waals surface area contributed by atoms with Crippen LogP contribution >= 0.6 is 15.9 Å². The molecule has 2 fully saturated rings. The number of piperazine rings is 1. The van der Waals surface area contributed by atoms with Gasteiger partial charge in [0.25, 0.3) is 5.91 Å². The van der Waals surface area contributed by atoms with Gasteiger partial charge in [0.15, 0.2) is 0 Å². The monoisotopic (exact) mass is 731 g/mol. The number of nitrogens with one attached hydrogen (secondary N) is 1. The number of rotatable bonds is 14. The maximum atomic E-state index is 14.7. The Bertz CT molecular complexity index is 1720. The molecule has 8 nitrogen and oxygen atoms in total. The van der Waals surface area contributed by atoms with Crippen molar-refractivity contribution in [3.63, 3.8) is 0 Å². The summed E-state index contributed by atoms with van der Waals surface area (Å²) in [5.74, 6) is -0.810. The summed E-state index contributed by atoms with van der Waals surface area (Å²) in [5.41, 5.74) is 6.18. The van der Waals surface area contributed by atoms with E-state index in [1.165, 1.54) is 12.1 Å². The predicted molar refractivity (Wildman–Crippen MR) is 189 cm³/mol. The zero-order valence-electron chi connectivity index (χ0n) is 27.8. The maximum absolute atomic E-state index is 14.7. The van der Waals surface area contributed by atoms with E-state index in [9.17, 15) is 18.8 Å². The first-order valence-electron chi connectivity index (χ1n) is 17.2. The molecule has 1 saturated carbocycles. The number of benzene rings is 3. The summed E-state index contributed by atoms with van der Waals surface area (Å²) in [6, 6.07) is 20.8. The molecule has 2 atom stereocenters. The number of hydrogen-bond acceptors (Lipinski definition) is 5. The number of ether oxygens (including phenoxy) is 1. The molecule has 2 aliphatic heterocycles. The van der Waals surface area contributed by atoms with Crippen LogP contribution in [0.3, 0.4) is 0 Å². The van der Waals surface area contributed by atoms with Crippen molar-refractivity contribution in [2.45, 2.75) is 83.0 Å². The molecule has 0 unspecified atom stereocenters. The number of nitrogens with zero attached hydrogens (tertiary/aromatic N) is 2. The molecule has 3 aromatic rings. The second-order valence-electron chi connectivity index (χ2n) is 13.4. The molecule has 3 aromatic carbocycles. The lowest BCUT2D eigenvalue weighted by atomic mass is 9.82. The molecule has 2 amide bonds. The van der Waals surface area contributed by atoms with Gasteiger partial charge in [0.05, 0.1) is 17.1 Å². The van der Waals surface area contributed by atoms with Crippen LogP contribution in [-0.4, -0.2) is 70.5 Å². The Morgan fingerprint density at radius 2 is 1.80 bits per heavy atom. The lowest BCUT2D eigenvalue weighted by Crippen LogP contribution is -2.62. The summed E-state index contributed by atoms with van der Waals surface area (Å²) in [6.45, 7) is 3.95. The van der Waals surface area contributed by atoms with E-state index >= 15 is 0 Å². The van der Waals surface area contributed by atoms with Crippen LogP contribution in [0.4, 0.5) is 4.39 Å². The highest BCUT2D eigenvalue weighted by Gasteiger charge is 2.43. The van der Waals surface area contributed by atoms with Crippen molar-refractivity contribution in [3.8, 4) is 5.75 Å². The Balaban J connectivity index is 1.22. The van der Waals surface area contributed by atoms with Gasteiger partial charge in [0.2, 0.25) is 5.91 Å². The Morgan fingerprint density at radius 1 is 1.02 bits per heavy atom. The molecular weight excluding hydrogens is 689 g/mol. The molecule has 0 aromatic heterocycles. The van der Waals surface area contributed by atoms with E-state index in [-0.39, 0.29) is 48.6 Å². The predicted octanol–water partition coefficient (Wildman–Crippen LogP) is 6.68. The molecule has 2 heterocycles. The third kappa shape index (κ3) is 8.78. The molecule has 1 aliphatic carbocycles. The number of carbonyl (C=O) groups excluding carboxylic acids is 2. The van der Waals surface area contributed by atoms with Gasteiger partial charge in [-0.15, -0.1) is 0 Å². The van der Waals surface area contributed by atoms with Gasteiger partial charge in [-0.1, -0.05) is 48.5 Å². The van der Waals surface area contributed by atoms with E-state index < -0.39 is 5.97 Å². The van der Waals surface area contributed by atoms with E-state index in [2.05, 4.69) is 64.6 Å². The van der Waals surface area contributed by atoms with E-state index in [0.717, 1.165) is 59.1 Å². The smallest absolute Gasteiger partial charge is 0.303 e. The highest BCUT2D eigenvalue weighted by atomic mass is 79.9. The molecule has 6 rings (SSSR count). The number of aryl methyl sites for hydroxylation is 2. The van der Waals surface area contributed by atoms with Crippen molar-refractivity contribution < 1.29 is 28.6 Å². The number of hydrogen-bond donors (Lipinski definition) is 2. The Kier molecular flexibility index (Phi) is 11.1. The SMILES string of the molecule is Cc1ccccc1CN(C(=O)C1=C(c2ccc(CCCOc3cc(F)ccc3Br)cc2)C[C@@H]2CN(C(=O)CCCC(=O)O)C[C@H]1N2)C1CC1. The first-order chi connectivity index (χ1) is 23.7. The molecule has 258 valence electrons. The van der Waals surface area contributed by atoms with Crippen LogP contribution in [0.1, 0.15) is 67.2 Å². The fourth-order valence-electron chi connectivity index (χ4n) is 6.92. The van der Waals surface area contributed by atoms with Crippen molar-refractivity contribution in [2.24, 2.45) is 0 Å². The van der Waals surface area contributed by atoms with Crippen LogP contribution in [0, 0.1) is 12.7 Å². The van der Waals surface area contributed by atoms with E-state index in [1.54, 1.807) is 6.07 Å². The van der Waals surface area contributed by atoms with E-state index in [4.69, 9.17) is 9.84 Å². The zero-order chi connectivity index (χ0) is 34.5. The topological polar surface area (TPSA) is 99.2 Å². The molecule has 0 radical (unpaired) electrons. The number of halogens is 2. The van der Waals surface area contributed by atoms with Crippen LogP contribution in [-0.2, 0) is 27.3 Å². The first-order valence-corrected chi connectivity index (χ1v) is 18.0. The summed E-state index contributed by atoms with van der Waals surface area (Å²) in [6.07, 6.45) is 4.54. The molecule has 3 aliphatic rings. The summed E-state index contributed by atoms with van der Waals surface area (Å²) in [4.78, 5) is 42.8. The van der Waals surface area contributed by atoms with Gasteiger partial charge in [-0.3, -0.25) is 14.4 Å². The average molecular weight is 733 g/mol. The fourth-order valence-corrected chi connectivity index (χ4v) is 7.28. The van der Waals surface area contributed by atoms with Crippen molar-refractivity contribution in [3.05, 3.63) is 105 Å². The summed E-state index contributed by atoms with van der Waals surface area (Å²) in [7, 11) is 0. The minimum atomic E-state index is -0.907. The number of aliphatic carboxylic acids is 1. The Hall–Kier alpha value is -4.02. The molecular formula is C39H43BrFN3O5. The van der Waals surface area contributed by atoms with Gasteiger partial charge < -0.3 is 25.0 Å². The first kappa shape index (κ1) is 34.8. The summed E-state index contributed by atoms with van der Waals surface area (Å²) >= 11 is 3.40. The average Bonchev–Trinajstić information content (AvgIpc) is 3.93. The van der Waals surface area contributed by atoms with Crippen LogP contribution < -0.4 is 10.1 Å². The molecule has 0 spiro atoms. The summed E-state index contributed by atoms with van der Waals surface area (Å²) < 4.78 is 20.1. The van der Waals surface area contributed by atoms with Gasteiger partial charge in [-0.25, -0.2) is 4.39 Å². The highest BCUT2D eigenvalue weighted by molar-refractivity contribution is 9.10. The van der Waals surface area contributed by atoms with Gasteiger partial charge in [-0.05, 0) is 101 Å². The number of carbonyl (C=O) groups is 3. The standard InChI is InChI=1S/C39H43BrFN3O5/c1-25-6-2-3-8-28(25)22-44(31-16-17-31)39(48)38-32(21-30-23-43(24-34(38)42-30)36(45)9-4-10-37(46)47)27-13-11-26(12-14-27)7-5-19-49-35-20-29(41)15-18-33(35)40/h2-3,6,8,11-15,18,20,30-31,34,42H,4-5,7,9-10,16-17,19,21-24H2,1H3,(H,46,47)/t30-,34-/m1/s1. The Labute approximate surface area is 295 Å². The largest absolute Gasteiger partial charge is 0.492 e. The van der Waals surface area contributed by atoms with Gasteiger partial charge >= 0.3 is 5.97 Å². The molecule has 2 N–H and O–H groups in total. The number of amides is 2. The van der Waals surface area contributed by atoms with Crippen molar-refractivity contribution in [2.75, 3.05) is 19.7 Å². The van der Waals surface area contributed by atoms with Crippen molar-refractivity contribution >= 4 is 39.3 Å². The van der Waals surface area contributed by atoms with Gasteiger partial charge in [0.1, 0.15) is 11.6 Å². The minimum absolute atomic E-state index is 0.0153. The van der Waals surface area contributed by atoms with Crippen molar-refractivity contribution in [1.29, 1.82) is 0 Å². The quantitative estimate of drug-likeness (QED) is 0.180. The third-order valence-electron chi connectivity index (χ3n) is 9.68. The molecule has 10 heteroatoms. The highest BCUT2D eigenvalue weighted by Crippen LogP contribution is 2.38. The Morgan fingerprint density at radius 3 is 2.53 bits per heavy atom. The molecule has 1 saturated heterocycles. The lowest BCUT2D eigenvalue weighted by molar-refractivity contribution is -0.138. The van der Waals surface area contributed by atoms with Gasteiger partial charge in [-0.2, -0.15) is 0 Å². The number of carboxylic acid groups (broad SMARTS) is 1. The van der Waals surface area contributed by atoms with Gasteiger partial charge in [0, 0.05) is 56.2 Å². The molecule has 2 bridgehead atoms. The number of fused-ring (bicyclic) bond motifs is 2. The second kappa shape index (κ2) is 15.7. The third-order valence-corrected chi connectivity index (χ3v) is 10.3. The maximum Gasteiger partial charge on any atom is 0.303 e. The van der Waals surface area contributed by atoms with E-state index in [0.29, 0.717) is 49.3 Å². The lowest BCUT2D eigenvalue weighted by Gasteiger charge is -2.45. The van der Waals surface area contributed by atoms with E-state index in [1.807, 2.05) is 21.9 Å². The van der Waals surface area contributed by atoms with Crippen LogP contribution in [0.15, 0.2) is 76.8 Å². The van der Waals surface area contributed by atoms with Crippen LogP contribution in [0.25, 0.3) is 5.57 Å². The fraction of sp³-hybridized carbons (Fsp3) is 0.410. The number of carboxylic acids is 1. The van der Waals surface area contributed by atoms with Crippen molar-refractivity contribution in [1.82, 2.24) is 15.1 Å². The van der Waals surface area contributed by atoms with Crippen LogP contribution in [0.5, 0.6) is 5.75 Å². The zero-order valence-corrected chi connectivity index (χ0v) is 29.4. The minimum Gasteiger partial charge on any atom is -0.492 e. The van der Waals surface area contributed by atoms with Crippen LogP contribution in [0.2, 0.25) is 0 Å².